The summed E-state index contributed by atoms with van der Waals surface area (Å²) in [6.07, 6.45) is 0.669. The molecule has 0 fully saturated rings. The number of aliphatic carboxylic acids is 1. The van der Waals surface area contributed by atoms with E-state index < -0.39 is 5.97 Å². The molecule has 0 aromatic heterocycles. The van der Waals surface area contributed by atoms with Crippen LogP contribution < -0.4 is 15.4 Å². The summed E-state index contributed by atoms with van der Waals surface area (Å²) in [5, 5.41) is 8.83. The van der Waals surface area contributed by atoms with Crippen molar-refractivity contribution in [2.45, 2.75) is 6.42 Å². The van der Waals surface area contributed by atoms with E-state index in [4.69, 9.17) is 15.6 Å². The van der Waals surface area contributed by atoms with E-state index in [1.165, 1.54) is 4.90 Å². The lowest BCUT2D eigenvalue weighted by Crippen LogP contribution is -2.42. The SMILES string of the molecule is NCCc1ccc2c(c1)N(CC(=O)O)C(=O)CO2. The Hall–Kier alpha value is -2.08. The van der Waals surface area contributed by atoms with E-state index >= 15 is 0 Å². The minimum atomic E-state index is -1.06. The zero-order valence-corrected chi connectivity index (χ0v) is 9.76. The summed E-state index contributed by atoms with van der Waals surface area (Å²) >= 11 is 0. The third-order valence-electron chi connectivity index (χ3n) is 2.69. The van der Waals surface area contributed by atoms with E-state index in [9.17, 15) is 9.59 Å². The Balaban J connectivity index is 2.36. The standard InChI is InChI=1S/C12H14N2O4/c13-4-3-8-1-2-10-9(5-8)14(6-12(16)17)11(15)7-18-10/h1-2,5H,3-4,6-7,13H2,(H,16,17). The van der Waals surface area contributed by atoms with E-state index in [0.717, 1.165) is 5.56 Å². The van der Waals surface area contributed by atoms with Gasteiger partial charge in [0.05, 0.1) is 5.69 Å². The van der Waals surface area contributed by atoms with Gasteiger partial charge in [-0.25, -0.2) is 0 Å². The fourth-order valence-electron chi connectivity index (χ4n) is 1.88. The van der Waals surface area contributed by atoms with E-state index in [2.05, 4.69) is 0 Å². The fraction of sp³-hybridized carbons (Fsp3) is 0.333. The molecule has 1 heterocycles. The predicted octanol–water partition coefficient (Wildman–Crippen LogP) is -0.00220. The van der Waals surface area contributed by atoms with Crippen LogP contribution in [0.2, 0.25) is 0 Å². The largest absolute Gasteiger partial charge is 0.482 e. The quantitative estimate of drug-likeness (QED) is 0.784. The number of carbonyl (C=O) groups is 2. The van der Waals surface area contributed by atoms with Gasteiger partial charge in [-0.1, -0.05) is 6.07 Å². The third kappa shape index (κ3) is 2.43. The van der Waals surface area contributed by atoms with Crippen LogP contribution in [0.15, 0.2) is 18.2 Å². The maximum absolute atomic E-state index is 11.7. The summed E-state index contributed by atoms with van der Waals surface area (Å²) in [4.78, 5) is 23.7. The second-order valence-corrected chi connectivity index (χ2v) is 4.00. The molecule has 3 N–H and O–H groups in total. The molecule has 0 aliphatic carbocycles. The third-order valence-corrected chi connectivity index (χ3v) is 2.69. The number of hydrogen-bond acceptors (Lipinski definition) is 4. The van der Waals surface area contributed by atoms with Gasteiger partial charge in [-0.2, -0.15) is 0 Å². The van der Waals surface area contributed by atoms with Crippen LogP contribution in [0.5, 0.6) is 5.75 Å². The highest BCUT2D eigenvalue weighted by Crippen LogP contribution is 2.32. The van der Waals surface area contributed by atoms with E-state index in [1.807, 2.05) is 6.07 Å². The number of amides is 1. The zero-order valence-electron chi connectivity index (χ0n) is 9.76. The number of nitrogens with zero attached hydrogens (tertiary/aromatic N) is 1. The fourth-order valence-corrected chi connectivity index (χ4v) is 1.88. The summed E-state index contributed by atoms with van der Waals surface area (Å²) in [6, 6.07) is 5.35. The number of ether oxygens (including phenoxy) is 1. The molecular formula is C12H14N2O4. The van der Waals surface area contributed by atoms with Gasteiger partial charge in [0, 0.05) is 0 Å². The first-order chi connectivity index (χ1) is 8.61. The lowest BCUT2D eigenvalue weighted by molar-refractivity contribution is -0.137. The molecule has 1 aromatic rings. The van der Waals surface area contributed by atoms with Gasteiger partial charge < -0.3 is 15.6 Å². The highest BCUT2D eigenvalue weighted by molar-refractivity contribution is 6.01. The Morgan fingerprint density at radius 2 is 2.28 bits per heavy atom. The number of nitrogens with two attached hydrogens (primary N) is 1. The molecule has 6 nitrogen and oxygen atoms in total. The topological polar surface area (TPSA) is 92.9 Å². The van der Waals surface area contributed by atoms with Crippen molar-refractivity contribution < 1.29 is 19.4 Å². The van der Waals surface area contributed by atoms with Crippen molar-refractivity contribution in [3.05, 3.63) is 23.8 Å². The zero-order chi connectivity index (χ0) is 13.1. The number of carboxylic acids is 1. The second kappa shape index (κ2) is 5.05. The first kappa shape index (κ1) is 12.4. The Morgan fingerprint density at radius 1 is 1.50 bits per heavy atom. The van der Waals surface area contributed by atoms with Gasteiger partial charge >= 0.3 is 5.97 Å². The molecule has 2 rings (SSSR count). The average molecular weight is 250 g/mol. The number of benzene rings is 1. The maximum atomic E-state index is 11.7. The Labute approximate surface area is 104 Å². The van der Waals surface area contributed by atoms with Crippen molar-refractivity contribution in [1.29, 1.82) is 0 Å². The first-order valence-corrected chi connectivity index (χ1v) is 5.60. The molecule has 6 heteroatoms. The number of anilines is 1. The molecule has 1 aliphatic heterocycles. The van der Waals surface area contributed by atoms with E-state index in [0.29, 0.717) is 24.4 Å². The van der Waals surface area contributed by atoms with E-state index in [1.54, 1.807) is 12.1 Å². The van der Waals surface area contributed by atoms with Crippen LogP contribution in [0, 0.1) is 0 Å². The molecule has 0 atom stereocenters. The van der Waals surface area contributed by atoms with Gasteiger partial charge in [-0.05, 0) is 30.7 Å². The van der Waals surface area contributed by atoms with Gasteiger partial charge in [-0.15, -0.1) is 0 Å². The summed E-state index contributed by atoms with van der Waals surface area (Å²) in [5.41, 5.74) is 6.92. The lowest BCUT2D eigenvalue weighted by Gasteiger charge is -2.28. The summed E-state index contributed by atoms with van der Waals surface area (Å²) < 4.78 is 5.27. The average Bonchev–Trinajstić information content (AvgIpc) is 2.33. The predicted molar refractivity (Wildman–Crippen MR) is 64.7 cm³/mol. The summed E-state index contributed by atoms with van der Waals surface area (Å²) in [6.45, 7) is 0.00427. The smallest absolute Gasteiger partial charge is 0.323 e. The molecule has 0 unspecified atom stereocenters. The van der Waals surface area contributed by atoms with Crippen LogP contribution in [-0.4, -0.2) is 36.7 Å². The molecule has 1 amide bonds. The van der Waals surface area contributed by atoms with Crippen LogP contribution in [0.1, 0.15) is 5.56 Å². The number of carboxylic acid groups (broad SMARTS) is 1. The number of rotatable bonds is 4. The molecular weight excluding hydrogens is 236 g/mol. The number of hydrogen-bond donors (Lipinski definition) is 2. The normalized spacial score (nSPS) is 14.1. The van der Waals surface area contributed by atoms with Crippen LogP contribution >= 0.6 is 0 Å². The highest BCUT2D eigenvalue weighted by Gasteiger charge is 2.27. The Bertz CT molecular complexity index is 487. The van der Waals surface area contributed by atoms with Gasteiger partial charge in [0.25, 0.3) is 5.91 Å². The van der Waals surface area contributed by atoms with Crippen molar-refractivity contribution in [1.82, 2.24) is 0 Å². The van der Waals surface area contributed by atoms with Gasteiger partial charge in [-0.3, -0.25) is 14.5 Å². The molecule has 18 heavy (non-hydrogen) atoms. The van der Waals surface area contributed by atoms with Crippen molar-refractivity contribution in [3.63, 3.8) is 0 Å². The second-order valence-electron chi connectivity index (χ2n) is 4.00. The van der Waals surface area contributed by atoms with Gasteiger partial charge in [0.15, 0.2) is 6.61 Å². The molecule has 0 radical (unpaired) electrons. The molecule has 0 saturated heterocycles. The minimum Gasteiger partial charge on any atom is -0.482 e. The van der Waals surface area contributed by atoms with Crippen LogP contribution in [0.3, 0.4) is 0 Å². The maximum Gasteiger partial charge on any atom is 0.323 e. The number of carbonyl (C=O) groups excluding carboxylic acids is 1. The molecule has 0 bridgehead atoms. The number of fused-ring (bicyclic) bond motifs is 1. The first-order valence-electron chi connectivity index (χ1n) is 5.60. The van der Waals surface area contributed by atoms with Crippen LogP contribution in [0.4, 0.5) is 5.69 Å². The van der Waals surface area contributed by atoms with Crippen molar-refractivity contribution in [2.75, 3.05) is 24.6 Å². The molecule has 1 aromatic carbocycles. The molecule has 1 aliphatic rings. The van der Waals surface area contributed by atoms with Gasteiger partial charge in [0.1, 0.15) is 12.3 Å². The van der Waals surface area contributed by atoms with Crippen LogP contribution in [0.25, 0.3) is 0 Å². The minimum absolute atomic E-state index is 0.128. The molecule has 96 valence electrons. The summed E-state index contributed by atoms with van der Waals surface area (Å²) in [7, 11) is 0. The Kier molecular flexibility index (Phi) is 3.47. The lowest BCUT2D eigenvalue weighted by atomic mass is 10.1. The van der Waals surface area contributed by atoms with Crippen LogP contribution in [-0.2, 0) is 16.0 Å². The monoisotopic (exact) mass is 250 g/mol. The van der Waals surface area contributed by atoms with Crippen molar-refractivity contribution >= 4 is 17.6 Å². The van der Waals surface area contributed by atoms with Gasteiger partial charge in [0.2, 0.25) is 0 Å². The molecule has 0 saturated carbocycles. The van der Waals surface area contributed by atoms with Crippen molar-refractivity contribution in [3.8, 4) is 5.75 Å². The highest BCUT2D eigenvalue weighted by atomic mass is 16.5. The Morgan fingerprint density at radius 3 is 2.94 bits per heavy atom. The molecule has 0 spiro atoms. The van der Waals surface area contributed by atoms with Crippen molar-refractivity contribution in [2.24, 2.45) is 5.73 Å². The summed E-state index contributed by atoms with van der Waals surface area (Å²) in [5.74, 6) is -0.883. The van der Waals surface area contributed by atoms with E-state index in [-0.39, 0.29) is 19.1 Å².